The standard InChI is InChI=1S/C14H24N2O.C2H6/c1-5-14(7-6-13(2)17-4)12-16-10-8-15(3)9-11-16;1-2/h5-7H,2,8-12H2,1,3-4H3;1-2H3/b7-6-,14-5+;. The molecule has 3 heteroatoms. The third-order valence-corrected chi connectivity index (χ3v) is 3.12. The summed E-state index contributed by atoms with van der Waals surface area (Å²) in [7, 11) is 3.82. The number of allylic oxidation sites excluding steroid dienone is 2. The van der Waals surface area contributed by atoms with Gasteiger partial charge in [-0.25, -0.2) is 0 Å². The predicted octanol–water partition coefficient (Wildman–Crippen LogP) is 2.92. The van der Waals surface area contributed by atoms with Crippen molar-refractivity contribution in [1.82, 2.24) is 9.80 Å². The third kappa shape index (κ3) is 7.85. The Balaban J connectivity index is 0.00000154. The normalized spacial score (nSPS) is 18.1. The van der Waals surface area contributed by atoms with E-state index in [-0.39, 0.29) is 0 Å². The van der Waals surface area contributed by atoms with E-state index in [1.165, 1.54) is 5.57 Å². The van der Waals surface area contributed by atoms with Gasteiger partial charge in [-0.1, -0.05) is 32.6 Å². The van der Waals surface area contributed by atoms with E-state index in [1.54, 1.807) is 7.11 Å². The largest absolute Gasteiger partial charge is 0.497 e. The van der Waals surface area contributed by atoms with E-state index in [2.05, 4.69) is 42.5 Å². The summed E-state index contributed by atoms with van der Waals surface area (Å²) in [5, 5.41) is 0. The molecule has 0 aliphatic carbocycles. The van der Waals surface area contributed by atoms with Gasteiger partial charge in [0.15, 0.2) is 0 Å². The minimum atomic E-state index is 0.697. The van der Waals surface area contributed by atoms with E-state index in [0.29, 0.717) is 5.76 Å². The lowest BCUT2D eigenvalue weighted by molar-refractivity contribution is 0.164. The molecule has 0 bridgehead atoms. The van der Waals surface area contributed by atoms with Gasteiger partial charge in [0.25, 0.3) is 0 Å². The minimum Gasteiger partial charge on any atom is -0.497 e. The Morgan fingerprint density at radius 1 is 1.16 bits per heavy atom. The summed E-state index contributed by atoms with van der Waals surface area (Å²) in [6, 6.07) is 0. The fourth-order valence-corrected chi connectivity index (χ4v) is 1.77. The highest BCUT2D eigenvalue weighted by molar-refractivity contribution is 5.24. The summed E-state index contributed by atoms with van der Waals surface area (Å²) in [5.41, 5.74) is 1.31. The van der Waals surface area contributed by atoms with E-state index >= 15 is 0 Å². The number of likely N-dealkylation sites (N-methyl/N-ethyl adjacent to an activating group) is 1. The van der Waals surface area contributed by atoms with Crippen molar-refractivity contribution in [1.29, 1.82) is 0 Å². The van der Waals surface area contributed by atoms with Gasteiger partial charge in [-0.2, -0.15) is 0 Å². The fourth-order valence-electron chi connectivity index (χ4n) is 1.77. The second-order valence-electron chi connectivity index (χ2n) is 4.45. The summed E-state index contributed by atoms with van der Waals surface area (Å²) in [4.78, 5) is 4.85. The zero-order valence-corrected chi connectivity index (χ0v) is 13.3. The van der Waals surface area contributed by atoms with Gasteiger partial charge >= 0.3 is 0 Å². The molecule has 0 saturated carbocycles. The van der Waals surface area contributed by atoms with Crippen LogP contribution in [0, 0.1) is 0 Å². The molecule has 1 saturated heterocycles. The van der Waals surface area contributed by atoms with Crippen LogP contribution in [0.1, 0.15) is 20.8 Å². The Labute approximate surface area is 119 Å². The first-order valence-corrected chi connectivity index (χ1v) is 7.12. The number of piperazine rings is 1. The van der Waals surface area contributed by atoms with Crippen LogP contribution in [-0.4, -0.2) is 56.7 Å². The van der Waals surface area contributed by atoms with E-state index in [0.717, 1.165) is 32.7 Å². The zero-order valence-electron chi connectivity index (χ0n) is 13.3. The Morgan fingerprint density at radius 3 is 2.21 bits per heavy atom. The van der Waals surface area contributed by atoms with Gasteiger partial charge in [0.2, 0.25) is 0 Å². The van der Waals surface area contributed by atoms with Crippen molar-refractivity contribution in [2.24, 2.45) is 0 Å². The Morgan fingerprint density at radius 2 is 1.74 bits per heavy atom. The van der Waals surface area contributed by atoms with Crippen LogP contribution in [0.4, 0.5) is 0 Å². The maximum Gasteiger partial charge on any atom is 0.111 e. The highest BCUT2D eigenvalue weighted by Crippen LogP contribution is 2.07. The molecule has 0 N–H and O–H groups in total. The lowest BCUT2D eigenvalue weighted by Crippen LogP contribution is -2.44. The Hall–Kier alpha value is -1.06. The number of hydrogen-bond donors (Lipinski definition) is 0. The topological polar surface area (TPSA) is 15.7 Å². The van der Waals surface area contributed by atoms with Crippen molar-refractivity contribution in [3.8, 4) is 0 Å². The van der Waals surface area contributed by atoms with Crippen molar-refractivity contribution in [2.75, 3.05) is 46.9 Å². The maximum absolute atomic E-state index is 5.02. The molecule has 0 radical (unpaired) electrons. The number of rotatable bonds is 5. The van der Waals surface area contributed by atoms with Gasteiger partial charge in [-0.15, -0.1) is 0 Å². The molecule has 0 unspecified atom stereocenters. The monoisotopic (exact) mass is 266 g/mol. The number of methoxy groups -OCH3 is 1. The Bertz CT molecular complexity index is 300. The molecule has 1 heterocycles. The summed E-state index contributed by atoms with van der Waals surface area (Å²) in [6.45, 7) is 15.5. The molecule has 0 aromatic carbocycles. The molecular weight excluding hydrogens is 236 g/mol. The van der Waals surface area contributed by atoms with Crippen LogP contribution in [0.3, 0.4) is 0 Å². The quantitative estimate of drug-likeness (QED) is 0.562. The SMILES string of the molecule is C=C(/C=C\C(=C/C)CN1CCN(C)CC1)OC.CC. The van der Waals surface area contributed by atoms with Crippen LogP contribution in [0.2, 0.25) is 0 Å². The van der Waals surface area contributed by atoms with Gasteiger partial charge in [-0.05, 0) is 25.6 Å². The molecule has 110 valence electrons. The predicted molar refractivity (Wildman–Crippen MR) is 84.3 cm³/mol. The minimum absolute atomic E-state index is 0.697. The van der Waals surface area contributed by atoms with Crippen molar-refractivity contribution < 1.29 is 4.74 Å². The van der Waals surface area contributed by atoms with E-state index in [4.69, 9.17) is 4.74 Å². The zero-order chi connectivity index (χ0) is 14.7. The molecular formula is C16H30N2O. The molecule has 1 aliphatic rings. The van der Waals surface area contributed by atoms with Crippen molar-refractivity contribution in [3.05, 3.63) is 36.1 Å². The van der Waals surface area contributed by atoms with Gasteiger partial charge in [-0.3, -0.25) is 4.90 Å². The van der Waals surface area contributed by atoms with Crippen molar-refractivity contribution >= 4 is 0 Å². The fraction of sp³-hybridized carbons (Fsp3) is 0.625. The average molecular weight is 266 g/mol. The third-order valence-electron chi connectivity index (χ3n) is 3.12. The first-order chi connectivity index (χ1) is 9.15. The van der Waals surface area contributed by atoms with Crippen LogP contribution in [-0.2, 0) is 4.74 Å². The van der Waals surface area contributed by atoms with Gasteiger partial charge < -0.3 is 9.64 Å². The number of hydrogen-bond acceptors (Lipinski definition) is 3. The molecule has 19 heavy (non-hydrogen) atoms. The molecule has 1 aliphatic heterocycles. The van der Waals surface area contributed by atoms with Crippen LogP contribution < -0.4 is 0 Å². The lowest BCUT2D eigenvalue weighted by atomic mass is 10.2. The average Bonchev–Trinajstić information content (AvgIpc) is 2.47. The maximum atomic E-state index is 5.02. The molecule has 1 fully saturated rings. The van der Waals surface area contributed by atoms with Crippen LogP contribution in [0.5, 0.6) is 0 Å². The summed E-state index contributed by atoms with van der Waals surface area (Å²) in [5.74, 6) is 0.697. The molecule has 3 nitrogen and oxygen atoms in total. The second kappa shape index (κ2) is 10.8. The molecule has 1 rings (SSSR count). The van der Waals surface area contributed by atoms with Gasteiger partial charge in [0.1, 0.15) is 5.76 Å². The van der Waals surface area contributed by atoms with Gasteiger partial charge in [0, 0.05) is 32.7 Å². The van der Waals surface area contributed by atoms with E-state index in [1.807, 2.05) is 19.9 Å². The van der Waals surface area contributed by atoms with Crippen molar-refractivity contribution in [3.63, 3.8) is 0 Å². The second-order valence-corrected chi connectivity index (χ2v) is 4.45. The smallest absolute Gasteiger partial charge is 0.111 e. The molecule has 0 aromatic rings. The molecule has 0 spiro atoms. The summed E-state index contributed by atoms with van der Waals surface area (Å²) < 4.78 is 5.02. The first-order valence-electron chi connectivity index (χ1n) is 7.12. The summed E-state index contributed by atoms with van der Waals surface area (Å²) >= 11 is 0. The van der Waals surface area contributed by atoms with E-state index < -0.39 is 0 Å². The van der Waals surface area contributed by atoms with Crippen molar-refractivity contribution in [2.45, 2.75) is 20.8 Å². The number of nitrogens with zero attached hydrogens (tertiary/aromatic N) is 2. The highest BCUT2D eigenvalue weighted by Gasteiger charge is 2.13. The number of ether oxygens (including phenoxy) is 1. The molecule has 0 atom stereocenters. The molecule has 0 amide bonds. The van der Waals surface area contributed by atoms with Crippen LogP contribution >= 0.6 is 0 Å². The first kappa shape index (κ1) is 17.9. The van der Waals surface area contributed by atoms with Crippen LogP contribution in [0.15, 0.2) is 36.1 Å². The lowest BCUT2D eigenvalue weighted by Gasteiger charge is -2.32. The van der Waals surface area contributed by atoms with Crippen LogP contribution in [0.25, 0.3) is 0 Å². The Kier molecular flexibility index (Phi) is 10.2. The molecule has 0 aromatic heterocycles. The highest BCUT2D eigenvalue weighted by atomic mass is 16.5. The van der Waals surface area contributed by atoms with E-state index in [9.17, 15) is 0 Å². The van der Waals surface area contributed by atoms with Gasteiger partial charge in [0.05, 0.1) is 7.11 Å². The summed E-state index contributed by atoms with van der Waals surface area (Å²) in [6.07, 6.45) is 6.16.